The Morgan fingerprint density at radius 3 is 2.42 bits per heavy atom. The van der Waals surface area contributed by atoms with Gasteiger partial charge in [-0.2, -0.15) is 5.10 Å². The SMILES string of the molecule is COc1cccc([C@H]2CC(c3ccc(Br)cc3)=NN2C(=S)Nc2ccccc2)c1OC. The summed E-state index contributed by atoms with van der Waals surface area (Å²) in [5, 5.41) is 10.6. The van der Waals surface area contributed by atoms with Gasteiger partial charge in [0.25, 0.3) is 0 Å². The molecular formula is C24H22BrN3O2S. The number of para-hydroxylation sites is 2. The van der Waals surface area contributed by atoms with Gasteiger partial charge in [0.15, 0.2) is 16.6 Å². The first-order chi connectivity index (χ1) is 15.1. The lowest BCUT2D eigenvalue weighted by molar-refractivity contribution is 0.327. The number of ether oxygens (including phenoxy) is 2. The van der Waals surface area contributed by atoms with E-state index in [4.69, 9.17) is 26.8 Å². The van der Waals surface area contributed by atoms with Crippen molar-refractivity contribution in [1.29, 1.82) is 0 Å². The second-order valence-electron chi connectivity index (χ2n) is 7.00. The molecule has 0 amide bonds. The first kappa shape index (κ1) is 21.3. The van der Waals surface area contributed by atoms with E-state index in [1.807, 2.05) is 65.7 Å². The molecule has 7 heteroatoms. The minimum Gasteiger partial charge on any atom is -0.493 e. The van der Waals surface area contributed by atoms with Crippen molar-refractivity contribution in [3.8, 4) is 11.5 Å². The maximum absolute atomic E-state index is 5.77. The van der Waals surface area contributed by atoms with Crippen LogP contribution in [0.15, 0.2) is 82.4 Å². The Hall–Kier alpha value is -2.90. The topological polar surface area (TPSA) is 46.1 Å². The number of hydrogen-bond acceptors (Lipinski definition) is 4. The van der Waals surface area contributed by atoms with Crippen LogP contribution in [0.1, 0.15) is 23.6 Å². The number of methoxy groups -OCH3 is 2. The fraction of sp³-hybridized carbons (Fsp3) is 0.167. The third-order valence-electron chi connectivity index (χ3n) is 5.11. The summed E-state index contributed by atoms with van der Waals surface area (Å²) in [6.07, 6.45) is 0.682. The predicted molar refractivity (Wildman–Crippen MR) is 132 cm³/mol. The summed E-state index contributed by atoms with van der Waals surface area (Å²) in [6, 6.07) is 23.7. The Morgan fingerprint density at radius 1 is 1.00 bits per heavy atom. The minimum atomic E-state index is -0.132. The molecular weight excluding hydrogens is 474 g/mol. The van der Waals surface area contributed by atoms with E-state index >= 15 is 0 Å². The van der Waals surface area contributed by atoms with Gasteiger partial charge in [0.2, 0.25) is 0 Å². The van der Waals surface area contributed by atoms with Gasteiger partial charge in [0.1, 0.15) is 0 Å². The van der Waals surface area contributed by atoms with Crippen LogP contribution >= 0.6 is 28.1 Å². The number of rotatable bonds is 5. The molecule has 1 heterocycles. The third-order valence-corrected chi connectivity index (χ3v) is 5.93. The van der Waals surface area contributed by atoms with Gasteiger partial charge in [-0.1, -0.05) is 58.4 Å². The van der Waals surface area contributed by atoms with Gasteiger partial charge in [-0.3, -0.25) is 0 Å². The van der Waals surface area contributed by atoms with Crippen molar-refractivity contribution in [2.24, 2.45) is 5.10 Å². The summed E-state index contributed by atoms with van der Waals surface area (Å²) < 4.78 is 12.3. The number of nitrogens with one attached hydrogen (secondary N) is 1. The zero-order valence-electron chi connectivity index (χ0n) is 17.2. The van der Waals surface area contributed by atoms with Gasteiger partial charge in [-0.25, -0.2) is 5.01 Å². The number of thiocarbonyl (C=S) groups is 1. The van der Waals surface area contributed by atoms with E-state index in [9.17, 15) is 0 Å². The second kappa shape index (κ2) is 9.49. The summed E-state index contributed by atoms with van der Waals surface area (Å²) >= 11 is 9.26. The van der Waals surface area contributed by atoms with Crippen molar-refractivity contribution in [2.75, 3.05) is 19.5 Å². The summed E-state index contributed by atoms with van der Waals surface area (Å²) in [6.45, 7) is 0. The molecule has 0 saturated carbocycles. The number of nitrogens with zero attached hydrogens (tertiary/aromatic N) is 2. The lowest BCUT2D eigenvalue weighted by Crippen LogP contribution is -2.31. The van der Waals surface area contributed by atoms with E-state index in [0.29, 0.717) is 23.0 Å². The van der Waals surface area contributed by atoms with Crippen LogP contribution in [0.3, 0.4) is 0 Å². The van der Waals surface area contributed by atoms with E-state index in [0.717, 1.165) is 27.0 Å². The zero-order valence-corrected chi connectivity index (χ0v) is 19.6. The normalized spacial score (nSPS) is 15.4. The van der Waals surface area contributed by atoms with Crippen LogP contribution < -0.4 is 14.8 Å². The molecule has 31 heavy (non-hydrogen) atoms. The van der Waals surface area contributed by atoms with Crippen molar-refractivity contribution in [3.63, 3.8) is 0 Å². The first-order valence-electron chi connectivity index (χ1n) is 9.80. The van der Waals surface area contributed by atoms with Crippen molar-refractivity contribution in [1.82, 2.24) is 5.01 Å². The first-order valence-corrected chi connectivity index (χ1v) is 11.0. The molecule has 0 radical (unpaired) electrons. The number of hydrogen-bond donors (Lipinski definition) is 1. The molecule has 3 aromatic rings. The maximum atomic E-state index is 5.77. The van der Waals surface area contributed by atoms with Crippen LogP contribution in [0, 0.1) is 0 Å². The summed E-state index contributed by atoms with van der Waals surface area (Å²) in [7, 11) is 3.29. The highest BCUT2D eigenvalue weighted by molar-refractivity contribution is 9.10. The van der Waals surface area contributed by atoms with E-state index in [2.05, 4.69) is 33.4 Å². The molecule has 1 aliphatic rings. The molecule has 0 aromatic heterocycles. The Labute approximate surface area is 195 Å². The van der Waals surface area contributed by atoms with Crippen LogP contribution in [0.4, 0.5) is 5.69 Å². The molecule has 0 bridgehead atoms. The number of benzene rings is 3. The number of hydrazone groups is 1. The van der Waals surface area contributed by atoms with Gasteiger partial charge in [-0.15, -0.1) is 0 Å². The average Bonchev–Trinajstić information content (AvgIpc) is 3.25. The molecule has 0 aliphatic carbocycles. The molecule has 0 saturated heterocycles. The predicted octanol–water partition coefficient (Wildman–Crippen LogP) is 6.01. The van der Waals surface area contributed by atoms with E-state index in [-0.39, 0.29) is 6.04 Å². The highest BCUT2D eigenvalue weighted by Crippen LogP contribution is 2.42. The maximum Gasteiger partial charge on any atom is 0.194 e. The molecule has 1 atom stereocenters. The van der Waals surface area contributed by atoms with Crippen molar-refractivity contribution in [2.45, 2.75) is 12.5 Å². The lowest BCUT2D eigenvalue weighted by atomic mass is 9.97. The Kier molecular flexibility index (Phi) is 6.53. The fourth-order valence-electron chi connectivity index (χ4n) is 3.63. The quantitative estimate of drug-likeness (QED) is 0.438. The smallest absolute Gasteiger partial charge is 0.194 e. The van der Waals surface area contributed by atoms with Crippen LogP contribution in [0.25, 0.3) is 0 Å². The van der Waals surface area contributed by atoms with Crippen molar-refractivity contribution >= 4 is 44.7 Å². The molecule has 1 aliphatic heterocycles. The zero-order chi connectivity index (χ0) is 21.8. The molecule has 1 N–H and O–H groups in total. The largest absolute Gasteiger partial charge is 0.493 e. The van der Waals surface area contributed by atoms with Gasteiger partial charge in [-0.05, 0) is 48.1 Å². The van der Waals surface area contributed by atoms with Crippen molar-refractivity contribution in [3.05, 3.63) is 88.4 Å². The number of halogens is 1. The van der Waals surface area contributed by atoms with Crippen LogP contribution in [0.2, 0.25) is 0 Å². The van der Waals surface area contributed by atoms with Gasteiger partial charge < -0.3 is 14.8 Å². The standard InChI is InChI=1S/C24H22BrN3O2S/c1-29-22-10-6-9-19(23(22)30-2)21-15-20(16-11-13-17(25)14-12-16)27-28(21)24(31)26-18-7-4-3-5-8-18/h3-14,21H,15H2,1-2H3,(H,26,31)/t21-/m1/s1. The third kappa shape index (κ3) is 4.57. The highest BCUT2D eigenvalue weighted by Gasteiger charge is 2.34. The van der Waals surface area contributed by atoms with Gasteiger partial charge in [0, 0.05) is 22.1 Å². The van der Waals surface area contributed by atoms with Gasteiger partial charge in [0.05, 0.1) is 26.0 Å². The summed E-state index contributed by atoms with van der Waals surface area (Å²) in [5.74, 6) is 1.37. The van der Waals surface area contributed by atoms with E-state index < -0.39 is 0 Å². The molecule has 4 rings (SSSR count). The minimum absolute atomic E-state index is 0.132. The Morgan fingerprint density at radius 2 is 1.74 bits per heavy atom. The Bertz CT molecular complexity index is 1100. The Balaban J connectivity index is 1.72. The average molecular weight is 496 g/mol. The monoisotopic (exact) mass is 495 g/mol. The summed E-state index contributed by atoms with van der Waals surface area (Å²) in [4.78, 5) is 0. The van der Waals surface area contributed by atoms with E-state index in [1.165, 1.54) is 0 Å². The molecule has 158 valence electrons. The molecule has 0 spiro atoms. The highest BCUT2D eigenvalue weighted by atomic mass is 79.9. The number of anilines is 1. The second-order valence-corrected chi connectivity index (χ2v) is 8.30. The van der Waals surface area contributed by atoms with Gasteiger partial charge >= 0.3 is 0 Å². The van der Waals surface area contributed by atoms with E-state index in [1.54, 1.807) is 14.2 Å². The van der Waals surface area contributed by atoms with Crippen molar-refractivity contribution < 1.29 is 9.47 Å². The summed E-state index contributed by atoms with van der Waals surface area (Å²) in [5.41, 5.74) is 3.89. The van der Waals surface area contributed by atoms with Crippen LogP contribution in [-0.2, 0) is 0 Å². The molecule has 3 aromatic carbocycles. The fourth-order valence-corrected chi connectivity index (χ4v) is 4.18. The van der Waals surface area contributed by atoms with Crippen LogP contribution in [0.5, 0.6) is 11.5 Å². The van der Waals surface area contributed by atoms with Crippen LogP contribution in [-0.4, -0.2) is 30.1 Å². The molecule has 0 unspecified atom stereocenters. The molecule has 0 fully saturated rings. The molecule has 5 nitrogen and oxygen atoms in total. The lowest BCUT2D eigenvalue weighted by Gasteiger charge is -2.26.